The van der Waals surface area contributed by atoms with Crippen molar-refractivity contribution < 1.29 is 9.42 Å². The Morgan fingerprint density at radius 3 is 2.07 bits per heavy atom. The molecule has 1 aliphatic heterocycles. The second-order valence-corrected chi connectivity index (χ2v) is 6.48. The van der Waals surface area contributed by atoms with E-state index in [0.29, 0.717) is 0 Å². The van der Waals surface area contributed by atoms with Crippen LogP contribution in [0, 0.1) is 0 Å². The van der Waals surface area contributed by atoms with E-state index in [1.165, 1.54) is 13.5 Å². The van der Waals surface area contributed by atoms with Crippen LogP contribution in [0.25, 0.3) is 0 Å². The normalized spacial score (nSPS) is 27.6. The number of nitrogens with one attached hydrogen (secondary N) is 1. The predicted octanol–water partition coefficient (Wildman–Crippen LogP) is 2.40. The number of hydrogen-bond acceptors (Lipinski definition) is 4. The molecule has 0 radical (unpaired) electrons. The van der Waals surface area contributed by atoms with Gasteiger partial charge in [0.2, 0.25) is 0 Å². The molecule has 1 atom stereocenters. The lowest BCUT2D eigenvalue weighted by molar-refractivity contribution is -0.0507. The van der Waals surface area contributed by atoms with Crippen molar-refractivity contribution in [1.29, 1.82) is 0 Å². The fourth-order valence-corrected chi connectivity index (χ4v) is 3.19. The molecule has 90 valence electrons. The Morgan fingerprint density at radius 1 is 1.20 bits per heavy atom. The van der Waals surface area contributed by atoms with Crippen molar-refractivity contribution in [3.8, 4) is 0 Å². The Bertz CT molecular complexity index is 205. The molecular weight excluding hydrogens is 211 g/mol. The molecule has 1 fully saturated rings. The van der Waals surface area contributed by atoms with Crippen LogP contribution in [0.4, 0.5) is 0 Å². The number of rotatable bonds is 3. The maximum Gasteiger partial charge on any atom is 0.267 e. The molecule has 1 unspecified atom stereocenters. The maximum atomic E-state index is 9.56. The average molecular weight is 234 g/mol. The standard InChI is InChI=1S/C10H23N2O2P/c1-9(2)7-6-8-10(3,4)12(9)11-15(13)14-5/h11,13H,6-8H2,1-5H3. The number of nitrogens with zero attached hydrogens (tertiary/aromatic N) is 1. The highest BCUT2D eigenvalue weighted by Gasteiger charge is 2.42. The van der Waals surface area contributed by atoms with Gasteiger partial charge in [0.1, 0.15) is 0 Å². The van der Waals surface area contributed by atoms with E-state index in [-0.39, 0.29) is 11.1 Å². The predicted molar refractivity (Wildman–Crippen MR) is 63.1 cm³/mol. The topological polar surface area (TPSA) is 44.7 Å². The van der Waals surface area contributed by atoms with E-state index in [1.807, 2.05) is 0 Å². The highest BCUT2D eigenvalue weighted by molar-refractivity contribution is 7.43. The van der Waals surface area contributed by atoms with Crippen LogP contribution in [0.1, 0.15) is 47.0 Å². The highest BCUT2D eigenvalue weighted by Crippen LogP contribution is 2.40. The van der Waals surface area contributed by atoms with Gasteiger partial charge in [0.15, 0.2) is 0 Å². The van der Waals surface area contributed by atoms with E-state index < -0.39 is 8.53 Å². The van der Waals surface area contributed by atoms with Crippen LogP contribution in [0.2, 0.25) is 0 Å². The van der Waals surface area contributed by atoms with Crippen molar-refractivity contribution in [2.24, 2.45) is 0 Å². The Balaban J connectivity index is 2.77. The van der Waals surface area contributed by atoms with Gasteiger partial charge in [0.25, 0.3) is 8.53 Å². The van der Waals surface area contributed by atoms with Crippen LogP contribution in [-0.4, -0.2) is 28.1 Å². The molecule has 0 spiro atoms. The summed E-state index contributed by atoms with van der Waals surface area (Å²) >= 11 is 0. The quantitative estimate of drug-likeness (QED) is 0.736. The third-order valence-electron chi connectivity index (χ3n) is 3.15. The summed E-state index contributed by atoms with van der Waals surface area (Å²) in [5.41, 5.74) is 0.118. The summed E-state index contributed by atoms with van der Waals surface area (Å²) in [5, 5.41) is 5.23. The number of hydrazine groups is 1. The highest BCUT2D eigenvalue weighted by atomic mass is 31.2. The van der Waals surface area contributed by atoms with Gasteiger partial charge in [-0.15, -0.1) is 0 Å². The van der Waals surface area contributed by atoms with Gasteiger partial charge in [-0.2, -0.15) is 5.20 Å². The van der Waals surface area contributed by atoms with Crippen LogP contribution in [0.5, 0.6) is 0 Å². The minimum Gasteiger partial charge on any atom is -0.337 e. The van der Waals surface area contributed by atoms with Gasteiger partial charge in [-0.25, -0.2) is 5.01 Å². The smallest absolute Gasteiger partial charge is 0.267 e. The SMILES string of the molecule is COP(O)NN1C(C)(C)CCCC1(C)C. The molecule has 1 saturated heterocycles. The van der Waals surface area contributed by atoms with Crippen LogP contribution in [0.3, 0.4) is 0 Å². The number of piperidine rings is 1. The first-order valence-electron chi connectivity index (χ1n) is 5.39. The molecule has 0 aliphatic carbocycles. The van der Waals surface area contributed by atoms with Gasteiger partial charge < -0.3 is 9.42 Å². The lowest BCUT2D eigenvalue weighted by Crippen LogP contribution is -2.62. The van der Waals surface area contributed by atoms with Crippen LogP contribution in [-0.2, 0) is 4.52 Å². The summed E-state index contributed by atoms with van der Waals surface area (Å²) in [7, 11) is -0.0257. The minimum atomic E-state index is -1.54. The lowest BCUT2D eigenvalue weighted by atomic mass is 9.82. The fraction of sp³-hybridized carbons (Fsp3) is 1.00. The molecule has 0 aromatic heterocycles. The first kappa shape index (κ1) is 13.3. The van der Waals surface area contributed by atoms with Gasteiger partial charge in [-0.05, 0) is 47.0 Å². The van der Waals surface area contributed by atoms with Crippen molar-refractivity contribution in [3.05, 3.63) is 0 Å². The van der Waals surface area contributed by atoms with Crippen molar-refractivity contribution in [2.45, 2.75) is 58.0 Å². The van der Waals surface area contributed by atoms with Crippen molar-refractivity contribution in [2.75, 3.05) is 7.11 Å². The minimum absolute atomic E-state index is 0.0591. The Morgan fingerprint density at radius 2 is 1.67 bits per heavy atom. The van der Waals surface area contributed by atoms with Gasteiger partial charge in [-0.1, -0.05) is 0 Å². The van der Waals surface area contributed by atoms with Crippen LogP contribution < -0.4 is 5.20 Å². The third-order valence-corrected chi connectivity index (χ3v) is 3.86. The van der Waals surface area contributed by atoms with Crippen molar-refractivity contribution >= 4 is 8.53 Å². The van der Waals surface area contributed by atoms with E-state index in [4.69, 9.17) is 4.52 Å². The molecule has 1 heterocycles. The van der Waals surface area contributed by atoms with Crippen molar-refractivity contribution in [3.63, 3.8) is 0 Å². The number of hydrogen-bond donors (Lipinski definition) is 2. The first-order chi connectivity index (χ1) is 6.79. The average Bonchev–Trinajstić information content (AvgIpc) is 2.10. The van der Waals surface area contributed by atoms with E-state index in [0.717, 1.165) is 12.8 Å². The summed E-state index contributed by atoms with van der Waals surface area (Å²) in [5.74, 6) is 0. The van der Waals surface area contributed by atoms with Gasteiger partial charge >= 0.3 is 0 Å². The van der Waals surface area contributed by atoms with E-state index in [2.05, 4.69) is 37.9 Å². The van der Waals surface area contributed by atoms with Crippen LogP contribution >= 0.6 is 8.53 Å². The van der Waals surface area contributed by atoms with E-state index in [1.54, 1.807) is 0 Å². The van der Waals surface area contributed by atoms with Gasteiger partial charge in [0.05, 0.1) is 0 Å². The zero-order valence-electron chi connectivity index (χ0n) is 10.4. The van der Waals surface area contributed by atoms with E-state index in [9.17, 15) is 4.89 Å². The summed E-state index contributed by atoms with van der Waals surface area (Å²) in [6.45, 7) is 8.78. The zero-order valence-corrected chi connectivity index (χ0v) is 11.3. The fourth-order valence-electron chi connectivity index (χ4n) is 2.39. The summed E-state index contributed by atoms with van der Waals surface area (Å²) in [6, 6.07) is 0. The van der Waals surface area contributed by atoms with Crippen molar-refractivity contribution in [1.82, 2.24) is 10.2 Å². The molecule has 0 saturated carbocycles. The molecule has 4 nitrogen and oxygen atoms in total. The second-order valence-electron chi connectivity index (χ2n) is 5.37. The molecule has 5 heteroatoms. The monoisotopic (exact) mass is 234 g/mol. The molecule has 1 rings (SSSR count). The molecule has 0 aromatic rings. The lowest BCUT2D eigenvalue weighted by Gasteiger charge is -2.52. The Labute approximate surface area is 93.9 Å². The molecule has 0 amide bonds. The van der Waals surface area contributed by atoms with Crippen LogP contribution in [0.15, 0.2) is 0 Å². The second kappa shape index (κ2) is 4.64. The largest absolute Gasteiger partial charge is 0.337 e. The Hall–Kier alpha value is 0.270. The van der Waals surface area contributed by atoms with E-state index >= 15 is 0 Å². The molecule has 15 heavy (non-hydrogen) atoms. The van der Waals surface area contributed by atoms with Gasteiger partial charge in [0, 0.05) is 18.2 Å². The first-order valence-corrected chi connectivity index (χ1v) is 6.60. The molecule has 1 aliphatic rings. The molecular formula is C10H23N2O2P. The van der Waals surface area contributed by atoms with Gasteiger partial charge in [-0.3, -0.25) is 0 Å². The summed E-state index contributed by atoms with van der Waals surface area (Å²) in [4.78, 5) is 9.56. The molecule has 0 aromatic carbocycles. The zero-order chi connectivity index (χ0) is 11.7. The molecule has 2 N–H and O–H groups in total. The Kier molecular flexibility index (Phi) is 4.13. The summed E-state index contributed by atoms with van der Waals surface area (Å²) in [6.07, 6.45) is 3.50. The molecule has 0 bridgehead atoms. The third kappa shape index (κ3) is 3.11. The summed E-state index contributed by atoms with van der Waals surface area (Å²) < 4.78 is 4.91. The maximum absolute atomic E-state index is 9.56.